The van der Waals surface area contributed by atoms with Crippen LogP contribution in [0.15, 0.2) is 0 Å². The Hall–Kier alpha value is -0.610. The number of nitrogens with one attached hydrogen (secondary N) is 1. The molecule has 2 unspecified atom stereocenters. The zero-order chi connectivity index (χ0) is 15.3. The van der Waals surface area contributed by atoms with E-state index in [0.717, 1.165) is 25.8 Å². The Labute approximate surface area is 124 Å². The monoisotopic (exact) mass is 284 g/mol. The molecule has 0 amide bonds. The third-order valence-corrected chi connectivity index (χ3v) is 4.42. The highest BCUT2D eigenvalue weighted by Gasteiger charge is 2.51. The first-order chi connectivity index (χ1) is 9.37. The molecule has 1 saturated carbocycles. The van der Waals surface area contributed by atoms with Gasteiger partial charge >= 0.3 is 5.97 Å². The first-order valence-corrected chi connectivity index (χ1v) is 7.93. The fourth-order valence-electron chi connectivity index (χ4n) is 2.99. The smallest absolute Gasteiger partial charge is 0.327 e. The zero-order valence-electron chi connectivity index (χ0n) is 14.0. The molecule has 1 rings (SSSR count). The van der Waals surface area contributed by atoms with Crippen molar-refractivity contribution in [2.75, 3.05) is 27.2 Å². The maximum Gasteiger partial charge on any atom is 0.327 e. The second-order valence-corrected chi connectivity index (χ2v) is 6.61. The molecule has 0 saturated heterocycles. The summed E-state index contributed by atoms with van der Waals surface area (Å²) in [5.41, 5.74) is -0.532. The van der Waals surface area contributed by atoms with Crippen LogP contribution in [-0.4, -0.2) is 49.7 Å². The van der Waals surface area contributed by atoms with Gasteiger partial charge in [0.25, 0.3) is 0 Å². The summed E-state index contributed by atoms with van der Waals surface area (Å²) in [5, 5.41) is 3.28. The molecule has 0 radical (unpaired) electrons. The number of likely N-dealkylation sites (N-methyl/N-ethyl adjacent to an activating group) is 2. The fourth-order valence-corrected chi connectivity index (χ4v) is 2.99. The van der Waals surface area contributed by atoms with Gasteiger partial charge < -0.3 is 15.0 Å². The summed E-state index contributed by atoms with van der Waals surface area (Å²) in [7, 11) is 4.00. The quantitative estimate of drug-likeness (QED) is 0.660. The number of carbonyl (C=O) groups is 1. The number of rotatable bonds is 9. The Morgan fingerprint density at radius 1 is 1.40 bits per heavy atom. The maximum atomic E-state index is 12.4. The van der Waals surface area contributed by atoms with E-state index >= 15 is 0 Å². The maximum absolute atomic E-state index is 12.4. The van der Waals surface area contributed by atoms with Gasteiger partial charge in [0, 0.05) is 12.6 Å². The molecule has 1 aliphatic carbocycles. The van der Waals surface area contributed by atoms with Crippen LogP contribution in [0.25, 0.3) is 0 Å². The Morgan fingerprint density at radius 3 is 2.40 bits per heavy atom. The highest BCUT2D eigenvalue weighted by molar-refractivity contribution is 5.82. The Kier molecular flexibility index (Phi) is 6.46. The van der Waals surface area contributed by atoms with E-state index in [1.165, 1.54) is 0 Å². The van der Waals surface area contributed by atoms with Crippen molar-refractivity contribution >= 4 is 5.97 Å². The van der Waals surface area contributed by atoms with Crippen molar-refractivity contribution in [3.05, 3.63) is 0 Å². The van der Waals surface area contributed by atoms with E-state index in [4.69, 9.17) is 4.74 Å². The predicted molar refractivity (Wildman–Crippen MR) is 82.7 cm³/mol. The average molecular weight is 284 g/mol. The molecule has 0 aliphatic heterocycles. The van der Waals surface area contributed by atoms with Gasteiger partial charge in [0.1, 0.15) is 5.54 Å². The van der Waals surface area contributed by atoms with Gasteiger partial charge in [-0.15, -0.1) is 0 Å². The molecule has 0 aromatic heterocycles. The normalized spacial score (nSPS) is 20.0. The van der Waals surface area contributed by atoms with Crippen LogP contribution in [0, 0.1) is 11.8 Å². The lowest BCUT2D eigenvalue weighted by molar-refractivity contribution is -0.153. The molecule has 1 N–H and O–H groups in total. The van der Waals surface area contributed by atoms with Gasteiger partial charge in [-0.2, -0.15) is 0 Å². The molecule has 2 atom stereocenters. The summed E-state index contributed by atoms with van der Waals surface area (Å²) in [6.45, 7) is 9.75. The average Bonchev–Trinajstić information content (AvgIpc) is 3.19. The largest absolute Gasteiger partial charge is 0.465 e. The SMILES string of the molecule is CCOC(=O)C(CN(C)C(C)CC(C)C)(NC)C1CC1. The fraction of sp³-hybridized carbons (Fsp3) is 0.938. The number of esters is 1. The molecule has 1 aliphatic rings. The third-order valence-electron chi connectivity index (χ3n) is 4.42. The van der Waals surface area contributed by atoms with E-state index in [9.17, 15) is 4.79 Å². The molecule has 0 heterocycles. The molecule has 0 bridgehead atoms. The van der Waals surface area contributed by atoms with E-state index in [1.54, 1.807) is 0 Å². The molecule has 0 aromatic rings. The van der Waals surface area contributed by atoms with Crippen molar-refractivity contribution in [1.29, 1.82) is 0 Å². The molecule has 0 spiro atoms. The van der Waals surface area contributed by atoms with Gasteiger partial charge in [0.2, 0.25) is 0 Å². The second kappa shape index (κ2) is 7.41. The van der Waals surface area contributed by atoms with Crippen LogP contribution in [0.2, 0.25) is 0 Å². The minimum atomic E-state index is -0.532. The highest BCUT2D eigenvalue weighted by atomic mass is 16.5. The molecule has 118 valence electrons. The van der Waals surface area contributed by atoms with E-state index < -0.39 is 5.54 Å². The lowest BCUT2D eigenvalue weighted by atomic mass is 9.91. The van der Waals surface area contributed by atoms with E-state index in [-0.39, 0.29) is 5.97 Å². The lowest BCUT2D eigenvalue weighted by Crippen LogP contribution is -2.60. The summed E-state index contributed by atoms with van der Waals surface area (Å²) >= 11 is 0. The summed E-state index contributed by atoms with van der Waals surface area (Å²) in [6.07, 6.45) is 3.38. The Bertz CT molecular complexity index is 316. The minimum absolute atomic E-state index is 0.0893. The van der Waals surface area contributed by atoms with Crippen LogP contribution in [-0.2, 0) is 9.53 Å². The standard InChI is InChI=1S/C16H32N2O2/c1-7-20-15(19)16(17-5,14-8-9-14)11-18(6)13(4)10-12(2)3/h12-14,17H,7-11H2,1-6H3. The van der Waals surface area contributed by atoms with Crippen LogP contribution in [0.4, 0.5) is 0 Å². The number of hydrogen-bond donors (Lipinski definition) is 1. The topological polar surface area (TPSA) is 41.6 Å². The van der Waals surface area contributed by atoms with Crippen molar-refractivity contribution in [3.63, 3.8) is 0 Å². The highest BCUT2D eigenvalue weighted by Crippen LogP contribution is 2.41. The zero-order valence-corrected chi connectivity index (χ0v) is 14.0. The number of ether oxygens (including phenoxy) is 1. The van der Waals surface area contributed by atoms with E-state index in [0.29, 0.717) is 24.5 Å². The van der Waals surface area contributed by atoms with Crippen molar-refractivity contribution < 1.29 is 9.53 Å². The number of hydrogen-bond acceptors (Lipinski definition) is 4. The van der Waals surface area contributed by atoms with Crippen LogP contribution >= 0.6 is 0 Å². The molecule has 4 nitrogen and oxygen atoms in total. The van der Waals surface area contributed by atoms with Crippen LogP contribution in [0.5, 0.6) is 0 Å². The number of carbonyl (C=O) groups excluding carboxylic acids is 1. The third kappa shape index (κ3) is 4.19. The van der Waals surface area contributed by atoms with Gasteiger partial charge in [-0.1, -0.05) is 13.8 Å². The lowest BCUT2D eigenvalue weighted by Gasteiger charge is -2.37. The van der Waals surface area contributed by atoms with Gasteiger partial charge in [-0.25, -0.2) is 4.79 Å². The van der Waals surface area contributed by atoms with Crippen LogP contribution < -0.4 is 5.32 Å². The predicted octanol–water partition coefficient (Wildman–Crippen LogP) is 2.28. The van der Waals surface area contributed by atoms with Gasteiger partial charge in [-0.05, 0) is 59.0 Å². The summed E-state index contributed by atoms with van der Waals surface area (Å²) in [4.78, 5) is 14.7. The number of nitrogens with zero attached hydrogens (tertiary/aromatic N) is 1. The van der Waals surface area contributed by atoms with Crippen molar-refractivity contribution in [2.45, 2.75) is 58.5 Å². The minimum Gasteiger partial charge on any atom is -0.465 e. The summed E-state index contributed by atoms with van der Waals surface area (Å²) in [5.74, 6) is 0.994. The molecule has 0 aromatic carbocycles. The molecule has 1 fully saturated rings. The van der Waals surface area contributed by atoms with Crippen LogP contribution in [0.3, 0.4) is 0 Å². The van der Waals surface area contributed by atoms with Gasteiger partial charge in [0.15, 0.2) is 0 Å². The van der Waals surface area contributed by atoms with E-state index in [2.05, 4.69) is 38.0 Å². The van der Waals surface area contributed by atoms with Gasteiger partial charge in [0.05, 0.1) is 6.61 Å². The first-order valence-electron chi connectivity index (χ1n) is 7.93. The van der Waals surface area contributed by atoms with E-state index in [1.807, 2.05) is 14.0 Å². The first kappa shape index (κ1) is 17.4. The van der Waals surface area contributed by atoms with Crippen LogP contribution in [0.1, 0.15) is 47.0 Å². The molecular weight excluding hydrogens is 252 g/mol. The summed E-state index contributed by atoms with van der Waals surface area (Å²) in [6, 6.07) is 0.468. The van der Waals surface area contributed by atoms with Crippen molar-refractivity contribution in [2.24, 2.45) is 11.8 Å². The van der Waals surface area contributed by atoms with Gasteiger partial charge in [-0.3, -0.25) is 0 Å². The van der Waals surface area contributed by atoms with Crippen molar-refractivity contribution in [3.8, 4) is 0 Å². The Balaban J connectivity index is 2.76. The molecular formula is C16H32N2O2. The second-order valence-electron chi connectivity index (χ2n) is 6.61. The summed E-state index contributed by atoms with van der Waals surface area (Å²) < 4.78 is 5.33. The molecule has 4 heteroatoms. The Morgan fingerprint density at radius 2 is 2.00 bits per heavy atom. The van der Waals surface area contributed by atoms with Crippen molar-refractivity contribution in [1.82, 2.24) is 10.2 Å². The molecule has 20 heavy (non-hydrogen) atoms.